The van der Waals surface area contributed by atoms with E-state index in [0.29, 0.717) is 52.4 Å². The molecular formula is C26H32N4O6S2. The number of carbonyl (C=O) groups excluding carboxylic acids is 2. The van der Waals surface area contributed by atoms with Crippen LogP contribution < -0.4 is 0 Å². The van der Waals surface area contributed by atoms with Gasteiger partial charge in [-0.15, -0.1) is 0 Å². The van der Waals surface area contributed by atoms with Crippen molar-refractivity contribution in [2.45, 2.75) is 23.6 Å². The smallest absolute Gasteiger partial charge is 0.243 e. The van der Waals surface area contributed by atoms with Gasteiger partial charge in [-0.1, -0.05) is 13.8 Å². The zero-order valence-corrected chi connectivity index (χ0v) is 23.2. The van der Waals surface area contributed by atoms with Crippen molar-refractivity contribution in [2.24, 2.45) is 0 Å². The molecule has 2 fully saturated rings. The van der Waals surface area contributed by atoms with Crippen molar-refractivity contribution < 1.29 is 26.4 Å². The van der Waals surface area contributed by atoms with E-state index in [1.165, 1.54) is 45.0 Å². The quantitative estimate of drug-likeness (QED) is 0.441. The van der Waals surface area contributed by atoms with Gasteiger partial charge in [0.25, 0.3) is 0 Å². The summed E-state index contributed by atoms with van der Waals surface area (Å²) in [6.45, 7) is 9.60. The zero-order valence-electron chi connectivity index (χ0n) is 21.6. The van der Waals surface area contributed by atoms with Crippen LogP contribution in [0.5, 0.6) is 0 Å². The number of nitrogens with zero attached hydrogens (tertiary/aromatic N) is 4. The Morgan fingerprint density at radius 2 is 0.895 bits per heavy atom. The molecule has 2 aliphatic heterocycles. The Morgan fingerprint density at radius 3 is 1.24 bits per heavy atom. The minimum absolute atomic E-state index is 0.0260. The Kier molecular flexibility index (Phi) is 7.31. The fourth-order valence-corrected chi connectivity index (χ4v) is 8.20. The molecule has 2 aromatic rings. The van der Waals surface area contributed by atoms with Crippen LogP contribution >= 0.6 is 0 Å². The van der Waals surface area contributed by atoms with Crippen LogP contribution in [0.4, 0.5) is 0 Å². The highest BCUT2D eigenvalue weighted by Gasteiger charge is 2.35. The maximum atomic E-state index is 13.5. The Balaban J connectivity index is 1.46. The standard InChI is InChI=1S/C26H32N4O6S2/c1-3-27-9-13-29(14-10-27)37(33,34)19-5-7-21-23(17-19)26(32)24-18-20(6-8-22(24)25(21)31)38(35,36)30-15-11-28(4-2)12-16-30/h5-8,17-18H,3-4,9-16H2,1-2H3. The lowest BCUT2D eigenvalue weighted by atomic mass is 9.84. The second kappa shape index (κ2) is 10.2. The molecule has 0 radical (unpaired) electrons. The molecule has 0 N–H and O–H groups in total. The van der Waals surface area contributed by atoms with E-state index in [9.17, 15) is 26.4 Å². The topological polar surface area (TPSA) is 115 Å². The molecule has 10 nitrogen and oxygen atoms in total. The number of rotatable bonds is 6. The summed E-state index contributed by atoms with van der Waals surface area (Å²) in [4.78, 5) is 31.0. The molecule has 2 aromatic carbocycles. The molecule has 3 aliphatic rings. The molecular weight excluding hydrogens is 528 g/mol. The normalized spacial score (nSPS) is 20.4. The van der Waals surface area contributed by atoms with Gasteiger partial charge < -0.3 is 9.80 Å². The van der Waals surface area contributed by atoms with Gasteiger partial charge in [-0.3, -0.25) is 9.59 Å². The van der Waals surface area contributed by atoms with E-state index in [4.69, 9.17) is 0 Å². The molecule has 0 spiro atoms. The van der Waals surface area contributed by atoms with Crippen LogP contribution in [0.25, 0.3) is 0 Å². The number of sulfonamides is 2. The fraction of sp³-hybridized carbons (Fsp3) is 0.462. The highest BCUT2D eigenvalue weighted by atomic mass is 32.2. The summed E-state index contributed by atoms with van der Waals surface area (Å²) in [5.74, 6) is -0.995. The maximum absolute atomic E-state index is 13.5. The average Bonchev–Trinajstić information content (AvgIpc) is 2.95. The largest absolute Gasteiger partial charge is 0.301 e. The number of carbonyl (C=O) groups is 2. The summed E-state index contributed by atoms with van der Waals surface area (Å²) >= 11 is 0. The van der Waals surface area contributed by atoms with Crippen molar-refractivity contribution in [3.05, 3.63) is 58.7 Å². The molecule has 12 heteroatoms. The Hall–Kier alpha value is -2.48. The molecule has 0 bridgehead atoms. The fourth-order valence-electron chi connectivity index (χ4n) is 5.30. The Labute approximate surface area is 223 Å². The lowest BCUT2D eigenvalue weighted by Crippen LogP contribution is -2.48. The lowest BCUT2D eigenvalue weighted by Gasteiger charge is -2.33. The van der Waals surface area contributed by atoms with Crippen molar-refractivity contribution >= 4 is 31.6 Å². The van der Waals surface area contributed by atoms with Crippen LogP contribution in [-0.4, -0.2) is 112 Å². The number of hydrogen-bond donors (Lipinski definition) is 0. The monoisotopic (exact) mass is 560 g/mol. The molecule has 204 valence electrons. The Bertz CT molecular complexity index is 1380. The molecule has 2 saturated heterocycles. The van der Waals surface area contributed by atoms with E-state index in [2.05, 4.69) is 9.80 Å². The van der Waals surface area contributed by atoms with E-state index < -0.39 is 31.6 Å². The molecule has 38 heavy (non-hydrogen) atoms. The second-order valence-electron chi connectivity index (χ2n) is 9.75. The van der Waals surface area contributed by atoms with Crippen molar-refractivity contribution in [3.63, 3.8) is 0 Å². The number of piperazine rings is 2. The summed E-state index contributed by atoms with van der Waals surface area (Å²) in [7, 11) is -7.72. The summed E-state index contributed by atoms with van der Waals surface area (Å²) in [5, 5.41) is 0. The number of likely N-dealkylation sites (N-methyl/N-ethyl adjacent to an activating group) is 2. The van der Waals surface area contributed by atoms with Gasteiger partial charge in [-0.05, 0) is 49.5 Å². The number of fused-ring (bicyclic) bond motifs is 2. The average molecular weight is 561 g/mol. The maximum Gasteiger partial charge on any atom is 0.243 e. The third kappa shape index (κ3) is 4.63. The third-order valence-electron chi connectivity index (χ3n) is 7.79. The van der Waals surface area contributed by atoms with Crippen molar-refractivity contribution in [1.82, 2.24) is 18.4 Å². The first-order chi connectivity index (χ1) is 18.1. The van der Waals surface area contributed by atoms with E-state index in [-0.39, 0.29) is 32.0 Å². The first kappa shape index (κ1) is 27.1. The molecule has 2 heterocycles. The van der Waals surface area contributed by atoms with Crippen LogP contribution in [-0.2, 0) is 20.0 Å². The van der Waals surface area contributed by atoms with E-state index >= 15 is 0 Å². The molecule has 1 aliphatic carbocycles. The van der Waals surface area contributed by atoms with Crippen molar-refractivity contribution in [1.29, 1.82) is 0 Å². The van der Waals surface area contributed by atoms with E-state index in [0.717, 1.165) is 13.1 Å². The van der Waals surface area contributed by atoms with Gasteiger partial charge in [0.2, 0.25) is 20.0 Å². The molecule has 0 saturated carbocycles. The number of ketones is 2. The molecule has 5 rings (SSSR count). The first-order valence-electron chi connectivity index (χ1n) is 12.9. The molecule has 0 aromatic heterocycles. The van der Waals surface area contributed by atoms with Crippen LogP contribution in [0.3, 0.4) is 0 Å². The highest BCUT2D eigenvalue weighted by molar-refractivity contribution is 7.89. The minimum atomic E-state index is -3.86. The predicted molar refractivity (Wildman–Crippen MR) is 141 cm³/mol. The van der Waals surface area contributed by atoms with Gasteiger partial charge in [-0.2, -0.15) is 8.61 Å². The summed E-state index contributed by atoms with van der Waals surface area (Å²) in [5.41, 5.74) is 0.177. The van der Waals surface area contributed by atoms with Gasteiger partial charge in [0, 0.05) is 74.6 Å². The van der Waals surface area contributed by atoms with Gasteiger partial charge in [0.15, 0.2) is 11.6 Å². The zero-order chi connectivity index (χ0) is 27.2. The summed E-state index contributed by atoms with van der Waals surface area (Å²) in [6, 6.07) is 8.00. The first-order valence-corrected chi connectivity index (χ1v) is 15.8. The van der Waals surface area contributed by atoms with Crippen molar-refractivity contribution in [3.8, 4) is 0 Å². The van der Waals surface area contributed by atoms with E-state index in [1.807, 2.05) is 13.8 Å². The summed E-state index contributed by atoms with van der Waals surface area (Å²) in [6.07, 6.45) is 0. The lowest BCUT2D eigenvalue weighted by molar-refractivity contribution is 0.0978. The van der Waals surface area contributed by atoms with Crippen LogP contribution in [0.15, 0.2) is 46.2 Å². The van der Waals surface area contributed by atoms with Gasteiger partial charge >= 0.3 is 0 Å². The van der Waals surface area contributed by atoms with Gasteiger partial charge in [-0.25, -0.2) is 16.8 Å². The van der Waals surface area contributed by atoms with Gasteiger partial charge in [0.05, 0.1) is 9.79 Å². The molecule has 0 amide bonds. The van der Waals surface area contributed by atoms with E-state index in [1.54, 1.807) is 0 Å². The van der Waals surface area contributed by atoms with Gasteiger partial charge in [0.1, 0.15) is 0 Å². The van der Waals surface area contributed by atoms with Crippen molar-refractivity contribution in [2.75, 3.05) is 65.4 Å². The third-order valence-corrected chi connectivity index (χ3v) is 11.6. The highest BCUT2D eigenvalue weighted by Crippen LogP contribution is 2.32. The van der Waals surface area contributed by atoms with Crippen LogP contribution in [0.2, 0.25) is 0 Å². The SMILES string of the molecule is CCN1CCN(S(=O)(=O)c2ccc3c(c2)C(=O)c2cc(S(=O)(=O)N4CCN(CC)CC4)ccc2C3=O)CC1. The van der Waals surface area contributed by atoms with Crippen LogP contribution in [0, 0.1) is 0 Å². The second-order valence-corrected chi connectivity index (χ2v) is 13.6. The minimum Gasteiger partial charge on any atom is -0.301 e. The van der Waals surface area contributed by atoms with Crippen LogP contribution in [0.1, 0.15) is 45.7 Å². The summed E-state index contributed by atoms with van der Waals surface area (Å²) < 4.78 is 56.1. The molecule has 0 atom stereocenters. The molecule has 0 unspecified atom stereocenters. The number of benzene rings is 2. The number of hydrogen-bond acceptors (Lipinski definition) is 8. The predicted octanol–water partition coefficient (Wildman–Crippen LogP) is 1.11. The Morgan fingerprint density at radius 1 is 0.553 bits per heavy atom.